The number of hydrogen-bond donors (Lipinski definition) is 1. The van der Waals surface area contributed by atoms with Crippen molar-refractivity contribution in [3.8, 4) is 0 Å². The van der Waals surface area contributed by atoms with E-state index >= 15 is 0 Å². The van der Waals surface area contributed by atoms with Crippen LogP contribution in [0.15, 0.2) is 12.1 Å². The van der Waals surface area contributed by atoms with E-state index < -0.39 is 0 Å². The maximum atomic E-state index is 12.9. The molecular formula is C16H24N4O. The van der Waals surface area contributed by atoms with Crippen molar-refractivity contribution in [2.45, 2.75) is 46.6 Å². The summed E-state index contributed by atoms with van der Waals surface area (Å²) >= 11 is 0. The maximum absolute atomic E-state index is 12.9. The Morgan fingerprint density at radius 3 is 2.43 bits per heavy atom. The summed E-state index contributed by atoms with van der Waals surface area (Å²) in [7, 11) is 0. The summed E-state index contributed by atoms with van der Waals surface area (Å²) in [4.78, 5) is 14.9. The van der Waals surface area contributed by atoms with Gasteiger partial charge < -0.3 is 10.6 Å². The summed E-state index contributed by atoms with van der Waals surface area (Å²) in [5.74, 6) is 0.789. The minimum atomic E-state index is 0.0535. The lowest BCUT2D eigenvalue weighted by atomic mass is 10.0. The summed E-state index contributed by atoms with van der Waals surface area (Å²) < 4.78 is 0. The number of anilines is 1. The molecule has 1 saturated carbocycles. The fourth-order valence-corrected chi connectivity index (χ4v) is 3.85. The third kappa shape index (κ3) is 2.01. The minimum absolute atomic E-state index is 0.0535. The average molecular weight is 288 g/mol. The van der Waals surface area contributed by atoms with Gasteiger partial charge in [0, 0.05) is 12.5 Å². The number of carbonyl (C=O) groups excluding carboxylic acids is 1. The first-order valence-electron chi connectivity index (χ1n) is 7.66. The van der Waals surface area contributed by atoms with Crippen LogP contribution in [-0.4, -0.2) is 27.5 Å². The zero-order valence-corrected chi connectivity index (χ0v) is 13.3. The zero-order valence-electron chi connectivity index (χ0n) is 13.3. The summed E-state index contributed by atoms with van der Waals surface area (Å²) in [6, 6.07) is 3.70. The molecule has 0 aromatic carbocycles. The molecule has 1 aromatic heterocycles. The van der Waals surface area contributed by atoms with Crippen LogP contribution < -0.4 is 5.73 Å². The van der Waals surface area contributed by atoms with E-state index in [2.05, 4.69) is 37.9 Å². The van der Waals surface area contributed by atoms with Crippen LogP contribution in [0.2, 0.25) is 0 Å². The molecule has 1 amide bonds. The van der Waals surface area contributed by atoms with Crippen molar-refractivity contribution >= 4 is 11.7 Å². The van der Waals surface area contributed by atoms with Gasteiger partial charge in [0.25, 0.3) is 0 Å². The lowest BCUT2D eigenvalue weighted by Gasteiger charge is -2.25. The van der Waals surface area contributed by atoms with Gasteiger partial charge in [-0.05, 0) is 35.8 Å². The molecule has 5 heteroatoms. The molecule has 0 bridgehead atoms. The Hall–Kier alpha value is -1.65. The maximum Gasteiger partial charge on any atom is 0.227 e. The quantitative estimate of drug-likeness (QED) is 0.907. The van der Waals surface area contributed by atoms with Crippen molar-refractivity contribution in [2.75, 3.05) is 12.3 Å². The highest BCUT2D eigenvalue weighted by molar-refractivity contribution is 5.84. The van der Waals surface area contributed by atoms with Crippen molar-refractivity contribution in [3.63, 3.8) is 0 Å². The van der Waals surface area contributed by atoms with E-state index in [1.165, 1.54) is 0 Å². The number of nitrogen functional groups attached to an aromatic ring is 1. The second kappa shape index (κ2) is 4.42. The number of aromatic nitrogens is 2. The monoisotopic (exact) mass is 288 g/mol. The van der Waals surface area contributed by atoms with Crippen molar-refractivity contribution < 1.29 is 4.79 Å². The molecular weight excluding hydrogens is 264 g/mol. The van der Waals surface area contributed by atoms with Gasteiger partial charge in [-0.15, -0.1) is 5.10 Å². The van der Waals surface area contributed by atoms with Crippen LogP contribution in [0, 0.1) is 16.7 Å². The van der Waals surface area contributed by atoms with E-state index in [0.29, 0.717) is 5.82 Å². The van der Waals surface area contributed by atoms with Crippen molar-refractivity contribution in [1.82, 2.24) is 15.1 Å². The van der Waals surface area contributed by atoms with Crippen LogP contribution in [0.1, 0.15) is 52.3 Å². The first-order valence-corrected chi connectivity index (χ1v) is 7.66. The standard InChI is InChI=1S/C16H24N4O/c1-15(2)13(16(15,3)4)14(21)20-9-5-6-11(20)10-7-8-12(17)19-18-10/h7-8,11,13H,5-6,9H2,1-4H3,(H2,17,19). The minimum Gasteiger partial charge on any atom is -0.382 e. The molecule has 5 nitrogen and oxygen atoms in total. The number of rotatable bonds is 2. The van der Waals surface area contributed by atoms with Crippen LogP contribution in [0.4, 0.5) is 5.82 Å². The Bertz CT molecular complexity index is 550. The van der Waals surface area contributed by atoms with Crippen LogP contribution in [-0.2, 0) is 4.79 Å². The summed E-state index contributed by atoms with van der Waals surface area (Å²) in [6.45, 7) is 9.55. The topological polar surface area (TPSA) is 72.1 Å². The highest BCUT2D eigenvalue weighted by atomic mass is 16.2. The van der Waals surface area contributed by atoms with Crippen LogP contribution in [0.25, 0.3) is 0 Å². The number of nitrogens with two attached hydrogens (primary N) is 1. The van der Waals surface area contributed by atoms with Gasteiger partial charge in [-0.3, -0.25) is 4.79 Å². The highest BCUT2D eigenvalue weighted by Gasteiger charge is 2.69. The SMILES string of the molecule is CC1(C)C(C(=O)N2CCCC2c2ccc(N)nn2)C1(C)C. The Morgan fingerprint density at radius 1 is 1.24 bits per heavy atom. The third-order valence-corrected chi connectivity index (χ3v) is 5.85. The lowest BCUT2D eigenvalue weighted by molar-refractivity contribution is -0.134. The Balaban J connectivity index is 1.82. The largest absolute Gasteiger partial charge is 0.382 e. The van der Waals surface area contributed by atoms with Crippen LogP contribution in [0.5, 0.6) is 0 Å². The summed E-state index contributed by atoms with van der Waals surface area (Å²) in [5.41, 5.74) is 6.59. The number of nitrogens with zero attached hydrogens (tertiary/aromatic N) is 3. The first kappa shape index (κ1) is 14.3. The molecule has 2 aliphatic rings. The van der Waals surface area contributed by atoms with E-state index in [-0.39, 0.29) is 28.7 Å². The van der Waals surface area contributed by atoms with Gasteiger partial charge in [0.2, 0.25) is 5.91 Å². The van der Waals surface area contributed by atoms with Crippen LogP contribution >= 0.6 is 0 Å². The van der Waals surface area contributed by atoms with Gasteiger partial charge in [-0.1, -0.05) is 27.7 Å². The highest BCUT2D eigenvalue weighted by Crippen LogP contribution is 2.69. The Morgan fingerprint density at radius 2 is 1.90 bits per heavy atom. The van der Waals surface area contributed by atoms with E-state index in [1.54, 1.807) is 6.07 Å². The fourth-order valence-electron chi connectivity index (χ4n) is 3.85. The van der Waals surface area contributed by atoms with Crippen molar-refractivity contribution in [2.24, 2.45) is 16.7 Å². The molecule has 0 radical (unpaired) electrons. The smallest absolute Gasteiger partial charge is 0.227 e. The third-order valence-electron chi connectivity index (χ3n) is 5.85. The molecule has 1 saturated heterocycles. The Labute approximate surface area is 125 Å². The second-order valence-electron chi connectivity index (χ2n) is 7.45. The molecule has 114 valence electrons. The average Bonchev–Trinajstić information content (AvgIpc) is 2.78. The molecule has 21 heavy (non-hydrogen) atoms. The molecule has 2 fully saturated rings. The Kier molecular flexibility index (Phi) is 3.01. The normalized spacial score (nSPS) is 26.9. The lowest BCUT2D eigenvalue weighted by Crippen LogP contribution is -2.34. The molecule has 1 atom stereocenters. The molecule has 2 N–H and O–H groups in total. The van der Waals surface area contributed by atoms with Crippen molar-refractivity contribution in [1.29, 1.82) is 0 Å². The number of hydrogen-bond acceptors (Lipinski definition) is 4. The first-order chi connectivity index (χ1) is 9.76. The molecule has 1 aliphatic heterocycles. The van der Waals surface area contributed by atoms with E-state index in [4.69, 9.17) is 5.73 Å². The summed E-state index contributed by atoms with van der Waals surface area (Å²) in [6.07, 6.45) is 1.98. The predicted octanol–water partition coefficient (Wildman–Crippen LogP) is 2.40. The van der Waals surface area contributed by atoms with E-state index in [0.717, 1.165) is 25.1 Å². The molecule has 1 unspecified atom stereocenters. The van der Waals surface area contributed by atoms with Gasteiger partial charge in [-0.2, -0.15) is 5.10 Å². The summed E-state index contributed by atoms with van der Waals surface area (Å²) in [5, 5.41) is 8.10. The molecule has 0 spiro atoms. The molecule has 1 aliphatic carbocycles. The molecule has 2 heterocycles. The van der Waals surface area contributed by atoms with Gasteiger partial charge in [0.1, 0.15) is 5.82 Å². The van der Waals surface area contributed by atoms with Gasteiger partial charge in [0.05, 0.1) is 11.7 Å². The van der Waals surface area contributed by atoms with Gasteiger partial charge in [0.15, 0.2) is 0 Å². The van der Waals surface area contributed by atoms with Crippen LogP contribution in [0.3, 0.4) is 0 Å². The zero-order chi connectivity index (χ0) is 15.4. The number of carbonyl (C=O) groups is 1. The number of amides is 1. The van der Waals surface area contributed by atoms with E-state index in [9.17, 15) is 4.79 Å². The second-order valence-corrected chi connectivity index (χ2v) is 7.45. The molecule has 1 aromatic rings. The van der Waals surface area contributed by atoms with Crippen molar-refractivity contribution in [3.05, 3.63) is 17.8 Å². The molecule has 3 rings (SSSR count). The predicted molar refractivity (Wildman–Crippen MR) is 81.2 cm³/mol. The van der Waals surface area contributed by atoms with Gasteiger partial charge in [-0.25, -0.2) is 0 Å². The van der Waals surface area contributed by atoms with Gasteiger partial charge >= 0.3 is 0 Å². The number of likely N-dealkylation sites (tertiary alicyclic amines) is 1. The van der Waals surface area contributed by atoms with E-state index in [1.807, 2.05) is 11.0 Å². The fraction of sp³-hybridized carbons (Fsp3) is 0.688.